The van der Waals surface area contributed by atoms with E-state index in [0.717, 1.165) is 19.3 Å². The van der Waals surface area contributed by atoms with Crippen LogP contribution in [0.15, 0.2) is 0 Å². The van der Waals surface area contributed by atoms with Gasteiger partial charge < -0.3 is 9.80 Å². The van der Waals surface area contributed by atoms with Gasteiger partial charge in [0.25, 0.3) is 0 Å². The van der Waals surface area contributed by atoms with Crippen LogP contribution in [0.5, 0.6) is 0 Å². The van der Waals surface area contributed by atoms with Crippen molar-refractivity contribution < 1.29 is 13.8 Å². The van der Waals surface area contributed by atoms with E-state index < -0.39 is 16.8 Å². The highest BCUT2D eigenvalue weighted by molar-refractivity contribution is 7.84. The van der Waals surface area contributed by atoms with Gasteiger partial charge in [-0.05, 0) is 39.5 Å². The summed E-state index contributed by atoms with van der Waals surface area (Å²) in [6, 6.07) is -0.686. The molecule has 5 nitrogen and oxygen atoms in total. The summed E-state index contributed by atoms with van der Waals surface area (Å²) in [5.41, 5.74) is 0. The topological polar surface area (TPSA) is 57.7 Å². The van der Waals surface area contributed by atoms with Crippen molar-refractivity contribution in [3.63, 3.8) is 0 Å². The number of piperidine rings is 1. The number of nitrogens with zero attached hydrogens (tertiary/aromatic N) is 2. The van der Waals surface area contributed by atoms with Gasteiger partial charge in [0, 0.05) is 35.4 Å². The number of hydrogen-bond donors (Lipinski definition) is 0. The number of hydrogen-bond acceptors (Lipinski definition) is 3. The lowest BCUT2D eigenvalue weighted by Gasteiger charge is -2.48. The molecule has 0 aliphatic carbocycles. The number of fused-ring (bicyclic) bond motifs is 1. The van der Waals surface area contributed by atoms with E-state index in [0.29, 0.717) is 18.7 Å². The zero-order valence-corrected chi connectivity index (χ0v) is 13.3. The van der Waals surface area contributed by atoms with Gasteiger partial charge in [-0.3, -0.25) is 13.8 Å². The van der Waals surface area contributed by atoms with E-state index in [2.05, 4.69) is 0 Å². The molecule has 0 N–H and O–H groups in total. The molecular formula is C14H24N2O3S. The van der Waals surface area contributed by atoms with Crippen molar-refractivity contribution in [2.24, 2.45) is 0 Å². The molecule has 0 saturated carbocycles. The Balaban J connectivity index is 2.13. The highest BCUT2D eigenvalue weighted by Crippen LogP contribution is 2.28. The molecular weight excluding hydrogens is 276 g/mol. The van der Waals surface area contributed by atoms with Gasteiger partial charge in [0.1, 0.15) is 12.1 Å². The maximum Gasteiger partial charge on any atom is 0.246 e. The molecule has 2 heterocycles. The Labute approximate surface area is 123 Å². The van der Waals surface area contributed by atoms with E-state index >= 15 is 0 Å². The fraction of sp³-hybridized carbons (Fsp3) is 0.857. The summed E-state index contributed by atoms with van der Waals surface area (Å²) in [5.74, 6) is 0.713. The van der Waals surface area contributed by atoms with Gasteiger partial charge in [0.05, 0.1) is 0 Å². The number of rotatable bonds is 4. The van der Waals surface area contributed by atoms with Gasteiger partial charge in [-0.2, -0.15) is 0 Å². The Hall–Kier alpha value is -0.910. The van der Waals surface area contributed by atoms with Gasteiger partial charge >= 0.3 is 0 Å². The minimum atomic E-state index is -0.863. The molecule has 20 heavy (non-hydrogen) atoms. The second kappa shape index (κ2) is 6.24. The first-order chi connectivity index (χ1) is 9.43. The third kappa shape index (κ3) is 2.90. The number of piperazine rings is 1. The first-order valence-corrected chi connectivity index (χ1v) is 9.09. The van der Waals surface area contributed by atoms with E-state index in [1.165, 1.54) is 0 Å². The van der Waals surface area contributed by atoms with Gasteiger partial charge in [-0.15, -0.1) is 0 Å². The molecule has 2 fully saturated rings. The second-order valence-corrected chi connectivity index (χ2v) is 7.43. The first-order valence-electron chi connectivity index (χ1n) is 7.36. The van der Waals surface area contributed by atoms with Crippen LogP contribution in [-0.2, 0) is 20.4 Å². The predicted molar refractivity (Wildman–Crippen MR) is 78.7 cm³/mol. The Morgan fingerprint density at radius 3 is 2.65 bits per heavy atom. The number of amides is 2. The van der Waals surface area contributed by atoms with Crippen LogP contribution in [0.3, 0.4) is 0 Å². The number of carbonyl (C=O) groups is 2. The van der Waals surface area contributed by atoms with Gasteiger partial charge in [0.2, 0.25) is 11.8 Å². The molecule has 0 aromatic rings. The maximum absolute atomic E-state index is 12.7. The smallest absolute Gasteiger partial charge is 0.246 e. The van der Waals surface area contributed by atoms with Crippen molar-refractivity contribution >= 4 is 22.6 Å². The Morgan fingerprint density at radius 2 is 2.00 bits per heavy atom. The normalized spacial score (nSPS) is 30.1. The molecule has 4 atom stereocenters. The standard InChI is InChI=1S/C14H24N2O3S/c1-10(7-9-20(3)19)16-11(2)13(17)15-8-5-4-6-12(15)14(16)18/h10-12H,4-9H2,1-3H3. The predicted octanol–water partition coefficient (Wildman–Crippen LogP) is 0.755. The zero-order valence-electron chi connectivity index (χ0n) is 12.5. The van der Waals surface area contributed by atoms with E-state index in [1.54, 1.807) is 16.1 Å². The third-order valence-electron chi connectivity index (χ3n) is 4.40. The van der Waals surface area contributed by atoms with Crippen LogP contribution in [0.4, 0.5) is 0 Å². The molecule has 2 amide bonds. The minimum absolute atomic E-state index is 0.0329. The minimum Gasteiger partial charge on any atom is -0.329 e. The molecule has 0 aromatic heterocycles. The van der Waals surface area contributed by atoms with Crippen molar-refractivity contribution in [1.82, 2.24) is 9.80 Å². The van der Waals surface area contributed by atoms with Crippen LogP contribution in [0.25, 0.3) is 0 Å². The van der Waals surface area contributed by atoms with Gasteiger partial charge in [-0.25, -0.2) is 0 Å². The van der Waals surface area contributed by atoms with E-state index in [4.69, 9.17) is 0 Å². The van der Waals surface area contributed by atoms with Crippen molar-refractivity contribution in [2.75, 3.05) is 18.6 Å². The summed E-state index contributed by atoms with van der Waals surface area (Å²) >= 11 is 0. The lowest BCUT2D eigenvalue weighted by atomic mass is 9.94. The van der Waals surface area contributed by atoms with Crippen molar-refractivity contribution in [1.29, 1.82) is 0 Å². The average molecular weight is 300 g/mol. The Kier molecular flexibility index (Phi) is 4.83. The summed E-state index contributed by atoms with van der Waals surface area (Å²) in [6.07, 6.45) is 5.13. The summed E-state index contributed by atoms with van der Waals surface area (Å²) < 4.78 is 11.2. The molecule has 2 saturated heterocycles. The highest BCUT2D eigenvalue weighted by Gasteiger charge is 2.45. The lowest BCUT2D eigenvalue weighted by Crippen LogP contribution is -2.66. The van der Waals surface area contributed by atoms with Crippen molar-refractivity contribution in [3.05, 3.63) is 0 Å². The molecule has 0 aromatic carbocycles. The maximum atomic E-state index is 12.7. The Morgan fingerprint density at radius 1 is 1.30 bits per heavy atom. The largest absolute Gasteiger partial charge is 0.329 e. The highest BCUT2D eigenvalue weighted by atomic mass is 32.2. The van der Waals surface area contributed by atoms with Crippen LogP contribution in [0, 0.1) is 0 Å². The van der Waals surface area contributed by atoms with Crippen molar-refractivity contribution in [3.8, 4) is 0 Å². The zero-order chi connectivity index (χ0) is 14.9. The summed E-state index contributed by atoms with van der Waals surface area (Å²) in [7, 11) is -0.863. The molecule has 2 aliphatic heterocycles. The molecule has 2 rings (SSSR count). The third-order valence-corrected chi connectivity index (χ3v) is 5.21. The van der Waals surface area contributed by atoms with Crippen LogP contribution >= 0.6 is 0 Å². The van der Waals surface area contributed by atoms with Crippen LogP contribution in [0.1, 0.15) is 39.5 Å². The van der Waals surface area contributed by atoms with Crippen LogP contribution < -0.4 is 0 Å². The van der Waals surface area contributed by atoms with Crippen LogP contribution in [-0.4, -0.2) is 62.5 Å². The molecule has 6 heteroatoms. The number of carbonyl (C=O) groups excluding carboxylic acids is 2. The van der Waals surface area contributed by atoms with Crippen LogP contribution in [0.2, 0.25) is 0 Å². The molecule has 0 radical (unpaired) electrons. The molecule has 4 unspecified atom stereocenters. The van der Waals surface area contributed by atoms with E-state index in [-0.39, 0.29) is 23.9 Å². The summed E-state index contributed by atoms with van der Waals surface area (Å²) in [6.45, 7) is 4.47. The Bertz CT molecular complexity index is 427. The average Bonchev–Trinajstić information content (AvgIpc) is 2.43. The fourth-order valence-electron chi connectivity index (χ4n) is 3.25. The molecule has 0 spiro atoms. The SMILES string of the molecule is CC(CCS(C)=O)N1C(=O)C2CCCCN2C(=O)C1C. The molecule has 0 bridgehead atoms. The quantitative estimate of drug-likeness (QED) is 0.770. The molecule has 114 valence electrons. The van der Waals surface area contributed by atoms with Gasteiger partial charge in [-0.1, -0.05) is 0 Å². The van der Waals surface area contributed by atoms with E-state index in [1.807, 2.05) is 13.8 Å². The molecule has 2 aliphatic rings. The fourth-order valence-corrected chi connectivity index (χ4v) is 3.92. The van der Waals surface area contributed by atoms with Crippen molar-refractivity contribution in [2.45, 2.75) is 57.7 Å². The lowest BCUT2D eigenvalue weighted by molar-refractivity contribution is -0.165. The first kappa shape index (κ1) is 15.5. The summed E-state index contributed by atoms with van der Waals surface area (Å²) in [5, 5.41) is 0. The van der Waals surface area contributed by atoms with E-state index in [9.17, 15) is 13.8 Å². The summed E-state index contributed by atoms with van der Waals surface area (Å²) in [4.78, 5) is 28.6. The second-order valence-electron chi connectivity index (χ2n) is 5.88. The van der Waals surface area contributed by atoms with Gasteiger partial charge in [0.15, 0.2) is 0 Å². The monoisotopic (exact) mass is 300 g/mol.